The van der Waals surface area contributed by atoms with Crippen molar-refractivity contribution >= 4 is 0 Å². The minimum absolute atomic E-state index is 0.282. The standard InChI is InChI=1S/C20H35NO2/c1-3-4-5-6-7-16-23-19-12-10-18(11-13-19)9-8-17(2)20(22)14-15-21/h10-13,17,20,22H,3-9,14-16,21H2,1-2H3. The highest BCUT2D eigenvalue weighted by Gasteiger charge is 2.13. The van der Waals surface area contributed by atoms with Gasteiger partial charge in [0.05, 0.1) is 12.7 Å². The number of ether oxygens (including phenoxy) is 1. The average Bonchev–Trinajstić information content (AvgIpc) is 2.57. The van der Waals surface area contributed by atoms with Crippen LogP contribution in [0.1, 0.15) is 64.4 Å². The Morgan fingerprint density at radius 3 is 2.39 bits per heavy atom. The van der Waals surface area contributed by atoms with Crippen LogP contribution in [0.5, 0.6) is 5.75 Å². The largest absolute Gasteiger partial charge is 0.494 e. The van der Waals surface area contributed by atoms with E-state index in [0.29, 0.717) is 13.0 Å². The molecule has 132 valence electrons. The molecule has 0 radical (unpaired) electrons. The van der Waals surface area contributed by atoms with E-state index in [1.54, 1.807) is 0 Å². The molecule has 0 spiro atoms. The summed E-state index contributed by atoms with van der Waals surface area (Å²) in [6.45, 7) is 5.69. The SMILES string of the molecule is CCCCCCCOc1ccc(CCC(C)C(O)CCN)cc1. The molecule has 0 aliphatic carbocycles. The number of hydrogen-bond donors (Lipinski definition) is 2. The van der Waals surface area contributed by atoms with Crippen molar-refractivity contribution in [1.29, 1.82) is 0 Å². The van der Waals surface area contributed by atoms with Crippen LogP contribution in [0.4, 0.5) is 0 Å². The molecule has 23 heavy (non-hydrogen) atoms. The van der Waals surface area contributed by atoms with Crippen molar-refractivity contribution in [3.05, 3.63) is 29.8 Å². The number of unbranched alkanes of at least 4 members (excludes halogenated alkanes) is 4. The molecule has 1 rings (SSSR count). The van der Waals surface area contributed by atoms with Crippen molar-refractivity contribution in [3.8, 4) is 5.75 Å². The van der Waals surface area contributed by atoms with Gasteiger partial charge in [-0.2, -0.15) is 0 Å². The highest BCUT2D eigenvalue weighted by molar-refractivity contribution is 5.27. The molecular weight excluding hydrogens is 286 g/mol. The summed E-state index contributed by atoms with van der Waals surface area (Å²) in [5, 5.41) is 9.91. The van der Waals surface area contributed by atoms with Crippen molar-refractivity contribution in [3.63, 3.8) is 0 Å². The fraction of sp³-hybridized carbons (Fsp3) is 0.700. The molecule has 3 N–H and O–H groups in total. The summed E-state index contributed by atoms with van der Waals surface area (Å²) in [5.41, 5.74) is 6.79. The fourth-order valence-electron chi connectivity index (χ4n) is 2.69. The normalized spacial score (nSPS) is 13.7. The maximum Gasteiger partial charge on any atom is 0.119 e. The van der Waals surface area contributed by atoms with E-state index in [9.17, 15) is 5.11 Å². The number of benzene rings is 1. The van der Waals surface area contributed by atoms with E-state index in [4.69, 9.17) is 10.5 Å². The predicted octanol–water partition coefficient (Wildman–Crippen LogP) is 4.31. The molecule has 0 heterocycles. The van der Waals surface area contributed by atoms with Crippen LogP contribution in [-0.2, 0) is 6.42 Å². The molecule has 3 nitrogen and oxygen atoms in total. The molecule has 0 aliphatic rings. The minimum Gasteiger partial charge on any atom is -0.494 e. The van der Waals surface area contributed by atoms with Crippen LogP contribution >= 0.6 is 0 Å². The van der Waals surface area contributed by atoms with Gasteiger partial charge in [0.15, 0.2) is 0 Å². The Kier molecular flexibility index (Phi) is 10.8. The van der Waals surface area contributed by atoms with Gasteiger partial charge in [-0.25, -0.2) is 0 Å². The molecule has 1 aromatic rings. The van der Waals surface area contributed by atoms with Crippen molar-refractivity contribution < 1.29 is 9.84 Å². The van der Waals surface area contributed by atoms with Crippen LogP contribution in [0.2, 0.25) is 0 Å². The Morgan fingerprint density at radius 1 is 1.04 bits per heavy atom. The topological polar surface area (TPSA) is 55.5 Å². The molecule has 0 fully saturated rings. The fourth-order valence-corrected chi connectivity index (χ4v) is 2.69. The smallest absolute Gasteiger partial charge is 0.119 e. The number of aliphatic hydroxyl groups excluding tert-OH is 1. The molecular formula is C20H35NO2. The zero-order valence-electron chi connectivity index (χ0n) is 15.0. The Balaban J connectivity index is 2.22. The summed E-state index contributed by atoms with van der Waals surface area (Å²) in [6, 6.07) is 8.38. The summed E-state index contributed by atoms with van der Waals surface area (Å²) in [7, 11) is 0. The van der Waals surface area contributed by atoms with Crippen molar-refractivity contribution in [1.82, 2.24) is 0 Å². The maximum atomic E-state index is 9.91. The molecule has 0 aliphatic heterocycles. The van der Waals surface area contributed by atoms with E-state index < -0.39 is 0 Å². The summed E-state index contributed by atoms with van der Waals surface area (Å²) in [6.07, 6.45) is 8.69. The second-order valence-electron chi connectivity index (χ2n) is 6.57. The third-order valence-electron chi connectivity index (χ3n) is 4.45. The maximum absolute atomic E-state index is 9.91. The second kappa shape index (κ2) is 12.4. The third-order valence-corrected chi connectivity index (χ3v) is 4.45. The van der Waals surface area contributed by atoms with Gasteiger partial charge in [0, 0.05) is 0 Å². The van der Waals surface area contributed by atoms with Gasteiger partial charge in [-0.1, -0.05) is 51.7 Å². The molecule has 0 saturated heterocycles. The van der Waals surface area contributed by atoms with Crippen LogP contribution in [0.3, 0.4) is 0 Å². The van der Waals surface area contributed by atoms with E-state index in [2.05, 4.69) is 38.1 Å². The van der Waals surface area contributed by atoms with Crippen molar-refractivity contribution in [2.45, 2.75) is 71.3 Å². The molecule has 1 aromatic carbocycles. The minimum atomic E-state index is -0.282. The quantitative estimate of drug-likeness (QED) is 0.532. The predicted molar refractivity (Wildman–Crippen MR) is 97.9 cm³/mol. The lowest BCUT2D eigenvalue weighted by molar-refractivity contribution is 0.106. The Hall–Kier alpha value is -1.06. The van der Waals surface area contributed by atoms with Gasteiger partial charge in [-0.15, -0.1) is 0 Å². The first-order valence-electron chi connectivity index (χ1n) is 9.27. The lowest BCUT2D eigenvalue weighted by atomic mass is 9.94. The number of rotatable bonds is 13. The monoisotopic (exact) mass is 321 g/mol. The number of aliphatic hydroxyl groups is 1. The molecule has 2 atom stereocenters. The summed E-state index contributed by atoms with van der Waals surface area (Å²) >= 11 is 0. The molecule has 0 aromatic heterocycles. The zero-order valence-corrected chi connectivity index (χ0v) is 15.0. The number of nitrogens with two attached hydrogens (primary N) is 1. The van der Waals surface area contributed by atoms with Crippen LogP contribution in [0.25, 0.3) is 0 Å². The van der Waals surface area contributed by atoms with Gasteiger partial charge in [-0.3, -0.25) is 0 Å². The van der Waals surface area contributed by atoms with E-state index in [1.807, 2.05) is 0 Å². The Bertz CT molecular complexity index is 391. The molecule has 2 unspecified atom stereocenters. The van der Waals surface area contributed by atoms with E-state index >= 15 is 0 Å². The summed E-state index contributed by atoms with van der Waals surface area (Å²) in [4.78, 5) is 0. The van der Waals surface area contributed by atoms with Gasteiger partial charge in [0.25, 0.3) is 0 Å². The van der Waals surface area contributed by atoms with Crippen molar-refractivity contribution in [2.75, 3.05) is 13.2 Å². The first-order chi connectivity index (χ1) is 11.2. The van der Waals surface area contributed by atoms with E-state index in [-0.39, 0.29) is 12.0 Å². The number of aryl methyl sites for hydroxylation is 1. The first-order valence-corrected chi connectivity index (χ1v) is 9.27. The van der Waals surface area contributed by atoms with Crippen LogP contribution in [0.15, 0.2) is 24.3 Å². The zero-order chi connectivity index (χ0) is 16.9. The molecule has 0 saturated carbocycles. The Labute approximate surface area is 142 Å². The lowest BCUT2D eigenvalue weighted by Gasteiger charge is -2.18. The summed E-state index contributed by atoms with van der Waals surface area (Å²) < 4.78 is 5.78. The second-order valence-corrected chi connectivity index (χ2v) is 6.57. The van der Waals surface area contributed by atoms with E-state index in [0.717, 1.165) is 31.6 Å². The van der Waals surface area contributed by atoms with Crippen LogP contribution in [-0.4, -0.2) is 24.4 Å². The van der Waals surface area contributed by atoms with Gasteiger partial charge in [-0.05, 0) is 55.8 Å². The molecule has 3 heteroatoms. The van der Waals surface area contributed by atoms with Gasteiger partial charge in [0.1, 0.15) is 5.75 Å². The van der Waals surface area contributed by atoms with Crippen molar-refractivity contribution in [2.24, 2.45) is 11.7 Å². The number of hydrogen-bond acceptors (Lipinski definition) is 3. The highest BCUT2D eigenvalue weighted by Crippen LogP contribution is 2.18. The average molecular weight is 322 g/mol. The highest BCUT2D eigenvalue weighted by atomic mass is 16.5. The van der Waals surface area contributed by atoms with Crippen LogP contribution < -0.4 is 10.5 Å². The summed E-state index contributed by atoms with van der Waals surface area (Å²) in [5.74, 6) is 1.25. The van der Waals surface area contributed by atoms with Crippen LogP contribution in [0, 0.1) is 5.92 Å². The molecule has 0 amide bonds. The van der Waals surface area contributed by atoms with Gasteiger partial charge < -0.3 is 15.6 Å². The lowest BCUT2D eigenvalue weighted by Crippen LogP contribution is -2.21. The van der Waals surface area contributed by atoms with Gasteiger partial charge in [0.2, 0.25) is 0 Å². The van der Waals surface area contributed by atoms with Gasteiger partial charge >= 0.3 is 0 Å². The first kappa shape index (κ1) is 20.0. The molecule has 0 bridgehead atoms. The van der Waals surface area contributed by atoms with E-state index in [1.165, 1.54) is 31.2 Å². The third kappa shape index (κ3) is 8.97. The Morgan fingerprint density at radius 2 is 1.74 bits per heavy atom.